The molecule has 0 radical (unpaired) electrons. The summed E-state index contributed by atoms with van der Waals surface area (Å²) < 4.78 is 62.7. The van der Waals surface area contributed by atoms with Crippen LogP contribution in [0.2, 0.25) is 19.6 Å². The number of halogens is 3. The van der Waals surface area contributed by atoms with E-state index in [4.69, 9.17) is 0 Å². The first-order valence-corrected chi connectivity index (χ1v) is 9.81. The average molecular weight is 299 g/mol. The lowest BCUT2D eigenvalue weighted by Gasteiger charge is -2.20. The Morgan fingerprint density at radius 3 is 2.28 bits per heavy atom. The summed E-state index contributed by atoms with van der Waals surface area (Å²) in [6, 6.07) is 1.48. The predicted octanol–water partition coefficient (Wildman–Crippen LogP) is 1.86. The van der Waals surface area contributed by atoms with E-state index in [2.05, 4.69) is 9.17 Å². The molecule has 0 saturated carbocycles. The van der Waals surface area contributed by atoms with Crippen molar-refractivity contribution < 1.29 is 25.8 Å². The summed E-state index contributed by atoms with van der Waals surface area (Å²) >= 11 is 0. The molecule has 0 spiro atoms. The first-order chi connectivity index (χ1) is 7.95. The van der Waals surface area contributed by atoms with Gasteiger partial charge < -0.3 is 4.18 Å². The van der Waals surface area contributed by atoms with Gasteiger partial charge in [0.2, 0.25) is 0 Å². The van der Waals surface area contributed by atoms with Gasteiger partial charge in [0, 0.05) is 6.20 Å². The molecule has 0 aliphatic rings. The lowest BCUT2D eigenvalue weighted by atomic mass is 10.5. The van der Waals surface area contributed by atoms with Crippen LogP contribution < -0.4 is 9.37 Å². The molecule has 0 saturated heterocycles. The van der Waals surface area contributed by atoms with Gasteiger partial charge in [-0.3, -0.25) is 4.98 Å². The SMILES string of the molecule is C[Si](C)(C)c1ccncc1OS(=O)(=O)C(F)(F)F. The molecule has 0 atom stereocenters. The predicted molar refractivity (Wildman–Crippen MR) is 62.8 cm³/mol. The molecule has 1 aromatic heterocycles. The van der Waals surface area contributed by atoms with Gasteiger partial charge in [0.15, 0.2) is 5.75 Å². The van der Waals surface area contributed by atoms with Crippen LogP contribution in [0.15, 0.2) is 18.5 Å². The number of nitrogens with zero attached hydrogens (tertiary/aromatic N) is 1. The summed E-state index contributed by atoms with van der Waals surface area (Å²) in [7, 11) is -7.68. The van der Waals surface area contributed by atoms with Gasteiger partial charge in [0.25, 0.3) is 0 Å². The van der Waals surface area contributed by atoms with E-state index in [0.29, 0.717) is 5.19 Å². The highest BCUT2D eigenvalue weighted by atomic mass is 32.2. The first-order valence-electron chi connectivity index (χ1n) is 4.90. The van der Waals surface area contributed by atoms with Gasteiger partial charge in [-0.2, -0.15) is 21.6 Å². The largest absolute Gasteiger partial charge is 0.534 e. The van der Waals surface area contributed by atoms with Crippen LogP contribution >= 0.6 is 0 Å². The number of pyridine rings is 1. The molecule has 0 aliphatic heterocycles. The van der Waals surface area contributed by atoms with Crippen molar-refractivity contribution in [2.24, 2.45) is 0 Å². The number of alkyl halides is 3. The molecule has 0 aliphatic carbocycles. The minimum absolute atomic E-state index is 0.353. The van der Waals surface area contributed by atoms with Crippen LogP contribution in [0, 0.1) is 0 Å². The van der Waals surface area contributed by atoms with Crippen LogP contribution in [0.5, 0.6) is 5.75 Å². The molecule has 18 heavy (non-hydrogen) atoms. The molecule has 0 unspecified atom stereocenters. The highest BCUT2D eigenvalue weighted by Crippen LogP contribution is 2.26. The Morgan fingerprint density at radius 2 is 1.83 bits per heavy atom. The summed E-state index contributed by atoms with van der Waals surface area (Å²) in [6.45, 7) is 5.57. The summed E-state index contributed by atoms with van der Waals surface area (Å²) in [6.07, 6.45) is 2.37. The monoisotopic (exact) mass is 299 g/mol. The number of hydrogen-bond donors (Lipinski definition) is 0. The van der Waals surface area contributed by atoms with E-state index in [-0.39, 0.29) is 5.75 Å². The number of hydrogen-bond acceptors (Lipinski definition) is 4. The van der Waals surface area contributed by atoms with Crippen molar-refractivity contribution in [3.63, 3.8) is 0 Å². The van der Waals surface area contributed by atoms with Crippen molar-refractivity contribution in [3.05, 3.63) is 18.5 Å². The zero-order valence-electron chi connectivity index (χ0n) is 9.95. The third-order valence-electron chi connectivity index (χ3n) is 2.08. The van der Waals surface area contributed by atoms with Gasteiger partial charge in [-0.15, -0.1) is 0 Å². The lowest BCUT2D eigenvalue weighted by molar-refractivity contribution is -0.0499. The zero-order chi connectivity index (χ0) is 14.2. The van der Waals surface area contributed by atoms with Crippen molar-refractivity contribution in [2.75, 3.05) is 0 Å². The van der Waals surface area contributed by atoms with Crippen LogP contribution in [-0.4, -0.2) is 27.0 Å². The van der Waals surface area contributed by atoms with Crippen molar-refractivity contribution >= 4 is 23.4 Å². The standard InChI is InChI=1S/C9H12F3NO3SSi/c1-18(2,3)8-4-5-13-6-7(8)16-17(14,15)9(10,11)12/h4-6H,1-3H3. The highest BCUT2D eigenvalue weighted by molar-refractivity contribution is 7.88. The number of aromatic nitrogens is 1. The van der Waals surface area contributed by atoms with Gasteiger partial charge in [0.1, 0.15) is 0 Å². The Hall–Kier alpha value is -1.09. The maximum atomic E-state index is 12.2. The normalized spacial score (nSPS) is 13.4. The molecular weight excluding hydrogens is 287 g/mol. The second kappa shape index (κ2) is 4.54. The first kappa shape index (κ1) is 15.0. The van der Waals surface area contributed by atoms with Gasteiger partial charge in [-0.25, -0.2) is 0 Å². The third-order valence-corrected chi connectivity index (χ3v) is 5.07. The van der Waals surface area contributed by atoms with E-state index in [0.717, 1.165) is 6.20 Å². The Kier molecular flexibility index (Phi) is 3.77. The summed E-state index contributed by atoms with van der Waals surface area (Å²) in [4.78, 5) is 3.59. The van der Waals surface area contributed by atoms with Crippen LogP contribution in [0.3, 0.4) is 0 Å². The van der Waals surface area contributed by atoms with Gasteiger partial charge in [-0.05, 0) is 11.3 Å². The summed E-state index contributed by atoms with van der Waals surface area (Å²) in [5, 5.41) is 0.463. The van der Waals surface area contributed by atoms with E-state index in [1.807, 2.05) is 19.6 Å². The quantitative estimate of drug-likeness (QED) is 0.485. The van der Waals surface area contributed by atoms with Gasteiger partial charge in [0.05, 0.1) is 14.3 Å². The lowest BCUT2D eigenvalue weighted by Crippen LogP contribution is -2.40. The molecule has 0 N–H and O–H groups in total. The maximum Gasteiger partial charge on any atom is 0.534 e. The fourth-order valence-corrected chi connectivity index (χ4v) is 3.20. The molecule has 1 aromatic rings. The third kappa shape index (κ3) is 3.22. The molecule has 1 rings (SSSR count). The fourth-order valence-electron chi connectivity index (χ4n) is 1.23. The summed E-state index contributed by atoms with van der Waals surface area (Å²) in [5.74, 6) is -0.353. The summed E-state index contributed by atoms with van der Waals surface area (Å²) in [5.41, 5.74) is -5.44. The van der Waals surface area contributed by atoms with Gasteiger partial charge >= 0.3 is 15.6 Å². The Labute approximate surface area is 104 Å². The van der Waals surface area contributed by atoms with Crippen molar-refractivity contribution in [2.45, 2.75) is 25.1 Å². The van der Waals surface area contributed by atoms with Crippen LogP contribution in [-0.2, 0) is 10.1 Å². The van der Waals surface area contributed by atoms with E-state index < -0.39 is 23.7 Å². The van der Waals surface area contributed by atoms with Crippen molar-refractivity contribution in [3.8, 4) is 5.75 Å². The molecule has 1 heterocycles. The van der Waals surface area contributed by atoms with Crippen molar-refractivity contribution in [1.29, 1.82) is 0 Å². The molecule has 0 amide bonds. The van der Waals surface area contributed by atoms with Crippen LogP contribution in [0.1, 0.15) is 0 Å². The topological polar surface area (TPSA) is 56.3 Å². The van der Waals surface area contributed by atoms with E-state index in [1.54, 1.807) is 0 Å². The molecule has 0 aromatic carbocycles. The van der Waals surface area contributed by atoms with E-state index >= 15 is 0 Å². The second-order valence-corrected chi connectivity index (χ2v) is 11.2. The minimum atomic E-state index is -5.65. The molecular formula is C9H12F3NO3SSi. The van der Waals surface area contributed by atoms with Crippen LogP contribution in [0.4, 0.5) is 13.2 Å². The molecule has 0 fully saturated rings. The molecule has 4 nitrogen and oxygen atoms in total. The maximum absolute atomic E-state index is 12.2. The Balaban J connectivity index is 3.22. The van der Waals surface area contributed by atoms with E-state index in [1.165, 1.54) is 12.3 Å². The Bertz CT molecular complexity index is 537. The average Bonchev–Trinajstić information content (AvgIpc) is 2.14. The molecule has 0 bridgehead atoms. The molecule has 102 valence electrons. The second-order valence-electron chi connectivity index (χ2n) is 4.61. The zero-order valence-corrected chi connectivity index (χ0v) is 11.8. The minimum Gasteiger partial charge on any atom is -0.374 e. The molecule has 9 heteroatoms. The Morgan fingerprint density at radius 1 is 1.28 bits per heavy atom. The fraction of sp³-hybridized carbons (Fsp3) is 0.444. The highest BCUT2D eigenvalue weighted by Gasteiger charge is 2.49. The van der Waals surface area contributed by atoms with Gasteiger partial charge in [-0.1, -0.05) is 19.6 Å². The number of rotatable bonds is 3. The van der Waals surface area contributed by atoms with E-state index in [9.17, 15) is 21.6 Å². The smallest absolute Gasteiger partial charge is 0.374 e. The van der Waals surface area contributed by atoms with Crippen LogP contribution in [0.25, 0.3) is 0 Å². The van der Waals surface area contributed by atoms with Crippen molar-refractivity contribution in [1.82, 2.24) is 4.98 Å².